The summed E-state index contributed by atoms with van der Waals surface area (Å²) in [7, 11) is 0. The van der Waals surface area contributed by atoms with Gasteiger partial charge in [0.05, 0.1) is 17.7 Å². The summed E-state index contributed by atoms with van der Waals surface area (Å²) in [5.74, 6) is 0. The van der Waals surface area contributed by atoms with Gasteiger partial charge in [0.15, 0.2) is 0 Å². The minimum Gasteiger partial charge on any atom is -0.310 e. The second kappa shape index (κ2) is 6.61. The molecule has 82 valence electrons. The molecule has 1 N–H and O–H groups in total. The molecule has 1 atom stereocenters. The Labute approximate surface area is 96.3 Å². The summed E-state index contributed by atoms with van der Waals surface area (Å²) >= 11 is 0. The molecule has 0 aliphatic carbocycles. The van der Waals surface area contributed by atoms with Gasteiger partial charge in [0.25, 0.3) is 0 Å². The van der Waals surface area contributed by atoms with Crippen molar-refractivity contribution in [3.63, 3.8) is 0 Å². The van der Waals surface area contributed by atoms with Crippen molar-refractivity contribution in [3.8, 4) is 12.1 Å². The summed E-state index contributed by atoms with van der Waals surface area (Å²) in [5, 5.41) is 20.4. The Morgan fingerprint density at radius 3 is 2.50 bits per heavy atom. The molecule has 0 aliphatic heterocycles. The molecule has 1 unspecified atom stereocenters. The predicted molar refractivity (Wildman–Crippen MR) is 62.4 cm³/mol. The molecule has 16 heavy (non-hydrogen) atoms. The highest BCUT2D eigenvalue weighted by Crippen LogP contribution is 2.12. The Morgan fingerprint density at radius 2 is 1.94 bits per heavy atom. The van der Waals surface area contributed by atoms with Gasteiger partial charge in [-0.25, -0.2) is 0 Å². The number of nitriles is 2. The number of hydrogen-bond donors (Lipinski definition) is 1. The topological polar surface area (TPSA) is 59.6 Å². The zero-order valence-electron chi connectivity index (χ0n) is 9.40. The second-order valence-corrected chi connectivity index (χ2v) is 3.67. The minimum absolute atomic E-state index is 0.256. The first kappa shape index (κ1) is 12.2. The van der Waals surface area contributed by atoms with Crippen LogP contribution in [0.25, 0.3) is 0 Å². The Balaban J connectivity index is 2.44. The number of rotatable bonds is 5. The summed E-state index contributed by atoms with van der Waals surface area (Å²) in [6.07, 6.45) is 1.46. The number of benzene rings is 1. The zero-order chi connectivity index (χ0) is 11.8. The van der Waals surface area contributed by atoms with Crippen LogP contribution in [0.5, 0.6) is 0 Å². The van der Waals surface area contributed by atoms with Crippen molar-refractivity contribution in [1.29, 1.82) is 10.5 Å². The van der Waals surface area contributed by atoms with Gasteiger partial charge in [-0.05, 0) is 37.6 Å². The molecule has 0 aliphatic rings. The van der Waals surface area contributed by atoms with E-state index in [9.17, 15) is 0 Å². The van der Waals surface area contributed by atoms with E-state index in [1.165, 1.54) is 0 Å². The molecule has 3 nitrogen and oxygen atoms in total. The molecule has 0 spiro atoms. The lowest BCUT2D eigenvalue weighted by Crippen LogP contribution is -2.19. The van der Waals surface area contributed by atoms with Gasteiger partial charge in [0.2, 0.25) is 0 Å². The highest BCUT2D eigenvalue weighted by molar-refractivity contribution is 5.32. The third-order valence-electron chi connectivity index (χ3n) is 2.46. The fourth-order valence-corrected chi connectivity index (χ4v) is 1.45. The van der Waals surface area contributed by atoms with Crippen LogP contribution in [0.2, 0.25) is 0 Å². The third-order valence-corrected chi connectivity index (χ3v) is 2.46. The lowest BCUT2D eigenvalue weighted by atomic mass is 10.1. The molecule has 0 amide bonds. The lowest BCUT2D eigenvalue weighted by molar-refractivity contribution is 0.562. The predicted octanol–water partition coefficient (Wildman–Crippen LogP) is 2.51. The summed E-state index contributed by atoms with van der Waals surface area (Å²) in [4.78, 5) is 0. The highest BCUT2D eigenvalue weighted by Gasteiger charge is 2.03. The zero-order valence-corrected chi connectivity index (χ0v) is 9.40. The fourth-order valence-electron chi connectivity index (χ4n) is 1.45. The molecule has 0 radical (unpaired) electrons. The van der Waals surface area contributed by atoms with Gasteiger partial charge < -0.3 is 5.32 Å². The molecule has 0 heterocycles. The van der Waals surface area contributed by atoms with E-state index in [2.05, 4.69) is 24.4 Å². The first-order valence-electron chi connectivity index (χ1n) is 5.38. The van der Waals surface area contributed by atoms with Crippen molar-refractivity contribution in [2.24, 2.45) is 0 Å². The van der Waals surface area contributed by atoms with Crippen molar-refractivity contribution < 1.29 is 0 Å². The molecule has 0 bridgehead atoms. The molecule has 0 fully saturated rings. The van der Waals surface area contributed by atoms with Crippen molar-refractivity contribution in [1.82, 2.24) is 5.32 Å². The highest BCUT2D eigenvalue weighted by atomic mass is 14.9. The molecule has 0 saturated carbocycles. The van der Waals surface area contributed by atoms with Crippen LogP contribution in [0.1, 0.15) is 36.9 Å². The van der Waals surface area contributed by atoms with Crippen LogP contribution in [-0.2, 0) is 0 Å². The molecular weight excluding hydrogens is 198 g/mol. The normalized spacial score (nSPS) is 11.4. The van der Waals surface area contributed by atoms with E-state index in [1.807, 2.05) is 24.3 Å². The molecule has 1 rings (SSSR count). The molecule has 3 heteroatoms. The molecule has 1 aromatic carbocycles. The van der Waals surface area contributed by atoms with E-state index in [0.29, 0.717) is 12.0 Å². The van der Waals surface area contributed by atoms with Crippen LogP contribution in [0.15, 0.2) is 24.3 Å². The largest absolute Gasteiger partial charge is 0.310 e. The van der Waals surface area contributed by atoms with Crippen LogP contribution in [-0.4, -0.2) is 6.54 Å². The van der Waals surface area contributed by atoms with Gasteiger partial charge in [-0.2, -0.15) is 10.5 Å². The van der Waals surface area contributed by atoms with Crippen LogP contribution >= 0.6 is 0 Å². The number of unbranched alkanes of at least 4 members (excludes halogenated alkanes) is 1. The van der Waals surface area contributed by atoms with Crippen molar-refractivity contribution in [3.05, 3.63) is 35.4 Å². The number of hydrogen-bond acceptors (Lipinski definition) is 3. The van der Waals surface area contributed by atoms with E-state index >= 15 is 0 Å². The fraction of sp³-hybridized carbons (Fsp3) is 0.385. The van der Waals surface area contributed by atoms with Crippen molar-refractivity contribution in [2.45, 2.75) is 25.8 Å². The smallest absolute Gasteiger partial charge is 0.0991 e. The number of nitrogens with zero attached hydrogens (tertiary/aromatic N) is 2. The Kier molecular flexibility index (Phi) is 5.05. The van der Waals surface area contributed by atoms with Crippen molar-refractivity contribution in [2.75, 3.05) is 6.54 Å². The van der Waals surface area contributed by atoms with Gasteiger partial charge in [-0.15, -0.1) is 0 Å². The SMILES string of the molecule is CC(NCCCC#N)c1ccc(C#N)cc1. The van der Waals surface area contributed by atoms with Crippen LogP contribution < -0.4 is 5.32 Å². The maximum Gasteiger partial charge on any atom is 0.0991 e. The second-order valence-electron chi connectivity index (χ2n) is 3.67. The Morgan fingerprint density at radius 1 is 1.25 bits per heavy atom. The monoisotopic (exact) mass is 213 g/mol. The number of nitrogens with one attached hydrogen (secondary N) is 1. The Hall–Kier alpha value is -1.84. The summed E-state index contributed by atoms with van der Waals surface area (Å²) in [5.41, 5.74) is 1.84. The summed E-state index contributed by atoms with van der Waals surface area (Å²) in [6, 6.07) is 12.0. The average Bonchev–Trinajstić information content (AvgIpc) is 2.34. The molecule has 1 aromatic rings. The van der Waals surface area contributed by atoms with E-state index in [-0.39, 0.29) is 6.04 Å². The van der Waals surface area contributed by atoms with E-state index in [0.717, 1.165) is 18.5 Å². The molecule has 0 aromatic heterocycles. The van der Waals surface area contributed by atoms with Gasteiger partial charge in [0, 0.05) is 12.5 Å². The molecule has 0 saturated heterocycles. The standard InChI is InChI=1S/C13H15N3/c1-11(16-9-3-2-8-14)13-6-4-12(10-15)5-7-13/h4-7,11,16H,2-3,9H2,1H3. The lowest BCUT2D eigenvalue weighted by Gasteiger charge is -2.13. The first-order valence-corrected chi connectivity index (χ1v) is 5.38. The maximum absolute atomic E-state index is 8.67. The van der Waals surface area contributed by atoms with Crippen LogP contribution in [0.3, 0.4) is 0 Å². The van der Waals surface area contributed by atoms with Gasteiger partial charge in [-0.1, -0.05) is 12.1 Å². The summed E-state index contributed by atoms with van der Waals surface area (Å²) < 4.78 is 0. The van der Waals surface area contributed by atoms with E-state index < -0.39 is 0 Å². The molecular formula is C13H15N3. The summed E-state index contributed by atoms with van der Waals surface area (Å²) in [6.45, 7) is 2.92. The van der Waals surface area contributed by atoms with Gasteiger partial charge in [-0.3, -0.25) is 0 Å². The maximum atomic E-state index is 8.67. The quantitative estimate of drug-likeness (QED) is 0.764. The third kappa shape index (κ3) is 3.73. The average molecular weight is 213 g/mol. The minimum atomic E-state index is 0.256. The van der Waals surface area contributed by atoms with Crippen LogP contribution in [0, 0.1) is 22.7 Å². The van der Waals surface area contributed by atoms with Gasteiger partial charge in [0.1, 0.15) is 0 Å². The van der Waals surface area contributed by atoms with E-state index in [4.69, 9.17) is 10.5 Å². The van der Waals surface area contributed by atoms with Crippen molar-refractivity contribution >= 4 is 0 Å². The first-order chi connectivity index (χ1) is 7.77. The Bertz CT molecular complexity index is 395. The van der Waals surface area contributed by atoms with E-state index in [1.54, 1.807) is 0 Å². The van der Waals surface area contributed by atoms with Crippen LogP contribution in [0.4, 0.5) is 0 Å². The van der Waals surface area contributed by atoms with Gasteiger partial charge >= 0.3 is 0 Å².